The van der Waals surface area contributed by atoms with Gasteiger partial charge in [0.2, 0.25) is 0 Å². The molecule has 5 nitrogen and oxygen atoms in total. The van der Waals surface area contributed by atoms with Crippen molar-refractivity contribution in [2.45, 2.75) is 26.7 Å². The van der Waals surface area contributed by atoms with Crippen LogP contribution in [-0.4, -0.2) is 30.9 Å². The summed E-state index contributed by atoms with van der Waals surface area (Å²) in [5.74, 6) is -1.01. The molecule has 0 aromatic carbocycles. The van der Waals surface area contributed by atoms with E-state index in [-0.39, 0.29) is 36.8 Å². The van der Waals surface area contributed by atoms with Crippen LogP contribution in [-0.2, 0) is 23.9 Å². The number of ketones is 1. The standard InChI is InChI=1S/C11H16O5/c1-7(12)15-5-9-3-4-11(14)10(9)6-16-8(2)13/h9-10H,3-6H2,1-2H3/t9-,10-/m1/s1. The van der Waals surface area contributed by atoms with E-state index in [9.17, 15) is 14.4 Å². The number of esters is 2. The maximum absolute atomic E-state index is 11.5. The summed E-state index contributed by atoms with van der Waals surface area (Å²) in [5, 5.41) is 0. The highest BCUT2D eigenvalue weighted by molar-refractivity contribution is 5.83. The van der Waals surface area contributed by atoms with E-state index in [2.05, 4.69) is 0 Å². The second kappa shape index (κ2) is 5.63. The van der Waals surface area contributed by atoms with E-state index >= 15 is 0 Å². The van der Waals surface area contributed by atoms with E-state index in [0.717, 1.165) is 0 Å². The van der Waals surface area contributed by atoms with Gasteiger partial charge in [0.05, 0.1) is 12.5 Å². The summed E-state index contributed by atoms with van der Waals surface area (Å²) < 4.78 is 9.71. The highest BCUT2D eigenvalue weighted by Gasteiger charge is 2.35. The molecule has 5 heteroatoms. The maximum Gasteiger partial charge on any atom is 0.302 e. The topological polar surface area (TPSA) is 69.7 Å². The van der Waals surface area contributed by atoms with Gasteiger partial charge in [-0.25, -0.2) is 0 Å². The van der Waals surface area contributed by atoms with Crippen LogP contribution in [0.5, 0.6) is 0 Å². The first-order chi connectivity index (χ1) is 7.50. The van der Waals surface area contributed by atoms with Gasteiger partial charge < -0.3 is 9.47 Å². The zero-order valence-electron chi connectivity index (χ0n) is 9.52. The summed E-state index contributed by atoms with van der Waals surface area (Å²) in [4.78, 5) is 32.8. The van der Waals surface area contributed by atoms with Crippen LogP contribution in [0.3, 0.4) is 0 Å². The number of Topliss-reactive ketones (excluding diaryl/α,β-unsaturated/α-hetero) is 1. The first-order valence-electron chi connectivity index (χ1n) is 5.30. The molecule has 0 amide bonds. The van der Waals surface area contributed by atoms with Crippen molar-refractivity contribution in [2.24, 2.45) is 11.8 Å². The summed E-state index contributed by atoms with van der Waals surface area (Å²) in [6.45, 7) is 2.96. The smallest absolute Gasteiger partial charge is 0.302 e. The Morgan fingerprint density at radius 2 is 1.75 bits per heavy atom. The van der Waals surface area contributed by atoms with Gasteiger partial charge in [-0.1, -0.05) is 0 Å². The largest absolute Gasteiger partial charge is 0.466 e. The Labute approximate surface area is 94.1 Å². The lowest BCUT2D eigenvalue weighted by Gasteiger charge is -2.17. The highest BCUT2D eigenvalue weighted by atomic mass is 16.5. The van der Waals surface area contributed by atoms with Crippen LogP contribution >= 0.6 is 0 Å². The minimum absolute atomic E-state index is 0.0178. The molecular formula is C11H16O5. The molecule has 0 aromatic heterocycles. The average Bonchev–Trinajstić information content (AvgIpc) is 2.53. The number of carbonyl (C=O) groups excluding carboxylic acids is 3. The van der Waals surface area contributed by atoms with E-state index in [1.54, 1.807) is 0 Å². The normalized spacial score (nSPS) is 24.2. The fraction of sp³-hybridized carbons (Fsp3) is 0.727. The van der Waals surface area contributed by atoms with Crippen molar-refractivity contribution >= 4 is 17.7 Å². The molecule has 0 heterocycles. The molecular weight excluding hydrogens is 212 g/mol. The molecule has 1 fully saturated rings. The molecule has 0 spiro atoms. The Balaban J connectivity index is 2.45. The molecule has 90 valence electrons. The molecule has 0 saturated heterocycles. The summed E-state index contributed by atoms with van der Waals surface area (Å²) in [5.41, 5.74) is 0. The quantitative estimate of drug-likeness (QED) is 0.663. The van der Waals surface area contributed by atoms with Gasteiger partial charge in [-0.2, -0.15) is 0 Å². The summed E-state index contributed by atoms with van der Waals surface area (Å²) >= 11 is 0. The molecule has 1 rings (SSSR count). The fourth-order valence-electron chi connectivity index (χ4n) is 1.84. The predicted molar refractivity (Wildman–Crippen MR) is 54.5 cm³/mol. The lowest BCUT2D eigenvalue weighted by Crippen LogP contribution is -2.25. The van der Waals surface area contributed by atoms with Crippen molar-refractivity contribution in [2.75, 3.05) is 13.2 Å². The summed E-state index contributed by atoms with van der Waals surface area (Å²) in [7, 11) is 0. The molecule has 0 bridgehead atoms. The zero-order valence-corrected chi connectivity index (χ0v) is 9.52. The van der Waals surface area contributed by atoms with E-state index in [4.69, 9.17) is 9.47 Å². The minimum atomic E-state index is -0.397. The molecule has 0 aliphatic heterocycles. The first-order valence-corrected chi connectivity index (χ1v) is 5.30. The number of carbonyl (C=O) groups is 3. The second-order valence-corrected chi connectivity index (χ2v) is 3.98. The second-order valence-electron chi connectivity index (χ2n) is 3.98. The molecule has 1 aliphatic carbocycles. The van der Waals surface area contributed by atoms with Crippen LogP contribution in [0.2, 0.25) is 0 Å². The van der Waals surface area contributed by atoms with Gasteiger partial charge in [-0.3, -0.25) is 14.4 Å². The fourth-order valence-corrected chi connectivity index (χ4v) is 1.84. The van der Waals surface area contributed by atoms with Gasteiger partial charge in [0, 0.05) is 26.2 Å². The molecule has 0 N–H and O–H groups in total. The van der Waals surface area contributed by atoms with Crippen LogP contribution in [0.1, 0.15) is 26.7 Å². The molecule has 0 radical (unpaired) electrons. The summed E-state index contributed by atoms with van der Waals surface area (Å²) in [6, 6.07) is 0. The van der Waals surface area contributed by atoms with Crippen LogP contribution in [0, 0.1) is 11.8 Å². The Hall–Kier alpha value is -1.39. The molecule has 1 saturated carbocycles. The third-order valence-electron chi connectivity index (χ3n) is 2.71. The van der Waals surface area contributed by atoms with Gasteiger partial charge in [0.15, 0.2) is 0 Å². The third kappa shape index (κ3) is 3.64. The van der Waals surface area contributed by atoms with Crippen LogP contribution in [0.15, 0.2) is 0 Å². The van der Waals surface area contributed by atoms with Crippen molar-refractivity contribution < 1.29 is 23.9 Å². The predicted octanol–water partition coefficient (Wildman–Crippen LogP) is 0.708. The van der Waals surface area contributed by atoms with E-state index < -0.39 is 5.97 Å². The SMILES string of the molecule is CC(=O)OC[C@H]1CCC(=O)[C@@H]1COC(C)=O. The Kier molecular flexibility index (Phi) is 4.46. The third-order valence-corrected chi connectivity index (χ3v) is 2.71. The van der Waals surface area contributed by atoms with Crippen molar-refractivity contribution in [1.82, 2.24) is 0 Å². The first kappa shape index (κ1) is 12.7. The zero-order chi connectivity index (χ0) is 12.1. The maximum atomic E-state index is 11.5. The van der Waals surface area contributed by atoms with Crippen molar-refractivity contribution in [1.29, 1.82) is 0 Å². The van der Waals surface area contributed by atoms with E-state index in [1.165, 1.54) is 13.8 Å². The Bertz CT molecular complexity index is 297. The number of ether oxygens (including phenoxy) is 2. The summed E-state index contributed by atoms with van der Waals surface area (Å²) in [6.07, 6.45) is 1.16. The van der Waals surface area contributed by atoms with Crippen LogP contribution in [0.25, 0.3) is 0 Å². The molecule has 2 atom stereocenters. The van der Waals surface area contributed by atoms with Crippen molar-refractivity contribution in [3.63, 3.8) is 0 Å². The molecule has 0 unspecified atom stereocenters. The average molecular weight is 228 g/mol. The van der Waals surface area contributed by atoms with Crippen molar-refractivity contribution in [3.05, 3.63) is 0 Å². The Morgan fingerprint density at radius 1 is 1.19 bits per heavy atom. The minimum Gasteiger partial charge on any atom is -0.466 e. The monoisotopic (exact) mass is 228 g/mol. The van der Waals surface area contributed by atoms with E-state index in [0.29, 0.717) is 12.8 Å². The van der Waals surface area contributed by atoms with Gasteiger partial charge in [-0.05, 0) is 6.42 Å². The number of hydrogen-bond donors (Lipinski definition) is 0. The molecule has 0 aromatic rings. The lowest BCUT2D eigenvalue weighted by atomic mass is 9.97. The highest BCUT2D eigenvalue weighted by Crippen LogP contribution is 2.29. The Morgan fingerprint density at radius 3 is 2.31 bits per heavy atom. The lowest BCUT2D eigenvalue weighted by molar-refractivity contribution is -0.147. The molecule has 16 heavy (non-hydrogen) atoms. The molecule has 1 aliphatic rings. The van der Waals surface area contributed by atoms with E-state index in [1.807, 2.05) is 0 Å². The number of hydrogen-bond acceptors (Lipinski definition) is 5. The van der Waals surface area contributed by atoms with Crippen molar-refractivity contribution in [3.8, 4) is 0 Å². The van der Waals surface area contributed by atoms with Crippen LogP contribution < -0.4 is 0 Å². The van der Waals surface area contributed by atoms with Gasteiger partial charge in [0.1, 0.15) is 12.4 Å². The van der Waals surface area contributed by atoms with Gasteiger partial charge in [0.25, 0.3) is 0 Å². The van der Waals surface area contributed by atoms with Gasteiger partial charge >= 0.3 is 11.9 Å². The van der Waals surface area contributed by atoms with Gasteiger partial charge in [-0.15, -0.1) is 0 Å². The van der Waals surface area contributed by atoms with Crippen LogP contribution in [0.4, 0.5) is 0 Å². The number of rotatable bonds is 4.